The summed E-state index contributed by atoms with van der Waals surface area (Å²) < 4.78 is 33.2. The second-order valence-electron chi connectivity index (χ2n) is 7.26. The van der Waals surface area contributed by atoms with Gasteiger partial charge in [0.05, 0.1) is 52.7 Å². The Morgan fingerprint density at radius 1 is 0.941 bits per heavy atom. The lowest BCUT2D eigenvalue weighted by atomic mass is 9.82. The topological polar surface area (TPSA) is 134 Å². The first-order chi connectivity index (χ1) is 16.5. The largest absolute Gasteiger partial charge is 0.497 e. The van der Waals surface area contributed by atoms with E-state index in [1.165, 1.54) is 21.3 Å². The van der Waals surface area contributed by atoms with E-state index in [1.54, 1.807) is 44.6 Å². The van der Waals surface area contributed by atoms with Crippen LogP contribution >= 0.6 is 0 Å². The summed E-state index contributed by atoms with van der Waals surface area (Å²) in [6.45, 7) is 0. The van der Waals surface area contributed by atoms with Crippen LogP contribution in [0.4, 0.5) is 0 Å². The number of H-pyrrole nitrogens is 1. The molecule has 1 unspecified atom stereocenters. The molecule has 1 atom stereocenters. The third kappa shape index (κ3) is 3.57. The second kappa shape index (κ2) is 9.15. The van der Waals surface area contributed by atoms with Crippen molar-refractivity contribution < 1.29 is 28.4 Å². The molecule has 0 fully saturated rings. The van der Waals surface area contributed by atoms with E-state index >= 15 is 0 Å². The van der Waals surface area contributed by atoms with E-state index in [0.29, 0.717) is 51.1 Å². The average Bonchev–Trinajstić information content (AvgIpc) is 3.29. The fraction of sp³-hybridized carbons (Fsp3) is 0.250. The average molecular weight is 464 g/mol. The SMILES string of the molecule is COc1ccc(OC)c(C2C(C#N)=C(N)Oc3n[nH]c(-c4cc(OC)c(OC)c(OC)c4)c32)c1. The maximum atomic E-state index is 10.0. The molecular weight excluding hydrogens is 440 g/mol. The summed E-state index contributed by atoms with van der Waals surface area (Å²) in [4.78, 5) is 0. The summed E-state index contributed by atoms with van der Waals surface area (Å²) >= 11 is 0. The van der Waals surface area contributed by atoms with E-state index in [-0.39, 0.29) is 17.3 Å². The van der Waals surface area contributed by atoms with Gasteiger partial charge >= 0.3 is 0 Å². The molecule has 3 N–H and O–H groups in total. The second-order valence-corrected chi connectivity index (χ2v) is 7.26. The van der Waals surface area contributed by atoms with Gasteiger partial charge in [0, 0.05) is 11.1 Å². The summed E-state index contributed by atoms with van der Waals surface area (Å²) in [6, 6.07) is 11.1. The van der Waals surface area contributed by atoms with Crippen molar-refractivity contribution in [3.8, 4) is 52.0 Å². The van der Waals surface area contributed by atoms with E-state index in [9.17, 15) is 5.26 Å². The molecule has 0 aliphatic carbocycles. The fourth-order valence-electron chi connectivity index (χ4n) is 4.07. The molecule has 10 heteroatoms. The van der Waals surface area contributed by atoms with Crippen LogP contribution in [0.5, 0.6) is 34.6 Å². The van der Waals surface area contributed by atoms with Crippen molar-refractivity contribution in [1.29, 1.82) is 5.26 Å². The highest BCUT2D eigenvalue weighted by Gasteiger charge is 2.37. The maximum absolute atomic E-state index is 10.0. The molecular formula is C24H24N4O6. The van der Waals surface area contributed by atoms with E-state index in [0.717, 1.165) is 0 Å². The van der Waals surface area contributed by atoms with Crippen molar-refractivity contribution >= 4 is 0 Å². The number of methoxy groups -OCH3 is 5. The molecule has 0 amide bonds. The Balaban J connectivity index is 2.00. The van der Waals surface area contributed by atoms with Crippen LogP contribution in [-0.2, 0) is 0 Å². The lowest BCUT2D eigenvalue weighted by Crippen LogP contribution is -2.21. The Kier molecular flexibility index (Phi) is 6.10. The predicted octanol–water partition coefficient (Wildman–Crippen LogP) is 3.34. The molecule has 2 aromatic carbocycles. The highest BCUT2D eigenvalue weighted by molar-refractivity contribution is 5.75. The smallest absolute Gasteiger partial charge is 0.244 e. The van der Waals surface area contributed by atoms with Crippen molar-refractivity contribution in [1.82, 2.24) is 10.2 Å². The van der Waals surface area contributed by atoms with Gasteiger partial charge in [-0.2, -0.15) is 5.26 Å². The number of hydrogen-bond acceptors (Lipinski definition) is 9. The van der Waals surface area contributed by atoms with Gasteiger partial charge in [-0.25, -0.2) is 0 Å². The molecule has 1 aliphatic heterocycles. The standard InChI is InChI=1S/C24H24N4O6/c1-29-13-6-7-16(30-2)14(10-13)19-15(11-25)23(26)34-24-20(19)21(27-28-24)12-8-17(31-3)22(33-5)18(9-12)32-4/h6-10,19H,26H2,1-5H3,(H,27,28). The molecule has 2 heterocycles. The van der Waals surface area contributed by atoms with Crippen LogP contribution in [0.2, 0.25) is 0 Å². The number of aromatic amines is 1. The van der Waals surface area contributed by atoms with Crippen molar-refractivity contribution in [2.45, 2.75) is 5.92 Å². The quantitative estimate of drug-likeness (QED) is 0.540. The van der Waals surface area contributed by atoms with Gasteiger partial charge in [-0.1, -0.05) is 0 Å². The Morgan fingerprint density at radius 2 is 1.62 bits per heavy atom. The first-order valence-corrected chi connectivity index (χ1v) is 10.2. The van der Waals surface area contributed by atoms with Gasteiger partial charge < -0.3 is 34.2 Å². The molecule has 0 saturated heterocycles. The molecule has 10 nitrogen and oxygen atoms in total. The molecule has 176 valence electrons. The number of allylic oxidation sites excluding steroid dienone is 1. The minimum atomic E-state index is -0.647. The summed E-state index contributed by atoms with van der Waals surface area (Å²) in [7, 11) is 7.72. The van der Waals surface area contributed by atoms with E-state index < -0.39 is 5.92 Å². The molecule has 34 heavy (non-hydrogen) atoms. The minimum Gasteiger partial charge on any atom is -0.497 e. The van der Waals surface area contributed by atoms with Gasteiger partial charge in [-0.05, 0) is 30.3 Å². The highest BCUT2D eigenvalue weighted by Crippen LogP contribution is 2.50. The van der Waals surface area contributed by atoms with Gasteiger partial charge in [0.1, 0.15) is 23.1 Å². The molecule has 4 rings (SSSR count). The number of aromatic nitrogens is 2. The lowest BCUT2D eigenvalue weighted by Gasteiger charge is -2.26. The molecule has 0 radical (unpaired) electrons. The molecule has 1 aromatic heterocycles. The Bertz CT molecular complexity index is 1280. The van der Waals surface area contributed by atoms with Crippen LogP contribution in [-0.4, -0.2) is 45.7 Å². The van der Waals surface area contributed by atoms with Crippen LogP contribution in [0.1, 0.15) is 17.0 Å². The van der Waals surface area contributed by atoms with E-state index in [4.69, 9.17) is 34.2 Å². The normalized spacial score (nSPS) is 14.5. The van der Waals surface area contributed by atoms with Crippen LogP contribution in [0, 0.1) is 11.3 Å². The highest BCUT2D eigenvalue weighted by atomic mass is 16.5. The number of hydrogen-bond donors (Lipinski definition) is 2. The van der Waals surface area contributed by atoms with Gasteiger partial charge in [0.2, 0.25) is 17.5 Å². The zero-order chi connectivity index (χ0) is 24.4. The van der Waals surface area contributed by atoms with Crippen molar-refractivity contribution in [2.24, 2.45) is 5.73 Å². The molecule has 3 aromatic rings. The van der Waals surface area contributed by atoms with Gasteiger partial charge in [0.15, 0.2) is 11.5 Å². The van der Waals surface area contributed by atoms with Gasteiger partial charge in [-0.3, -0.25) is 5.10 Å². The zero-order valence-electron chi connectivity index (χ0n) is 19.4. The fourth-order valence-corrected chi connectivity index (χ4v) is 4.07. The lowest BCUT2D eigenvalue weighted by molar-refractivity contribution is 0.324. The third-order valence-electron chi connectivity index (χ3n) is 5.64. The Hall–Kier alpha value is -4.52. The summed E-state index contributed by atoms with van der Waals surface area (Å²) in [5.74, 6) is 2.08. The third-order valence-corrected chi connectivity index (χ3v) is 5.64. The van der Waals surface area contributed by atoms with Crippen molar-refractivity contribution in [3.05, 3.63) is 52.9 Å². The predicted molar refractivity (Wildman–Crippen MR) is 123 cm³/mol. The number of nitrogens with two attached hydrogens (primary N) is 1. The zero-order valence-corrected chi connectivity index (χ0v) is 19.4. The minimum absolute atomic E-state index is 0.0344. The molecule has 0 spiro atoms. The summed E-state index contributed by atoms with van der Waals surface area (Å²) in [5, 5.41) is 17.4. The van der Waals surface area contributed by atoms with Crippen molar-refractivity contribution in [3.63, 3.8) is 0 Å². The summed E-state index contributed by atoms with van der Waals surface area (Å²) in [6.07, 6.45) is 0. The molecule has 1 aliphatic rings. The number of nitrogens with zero attached hydrogens (tertiary/aromatic N) is 2. The van der Waals surface area contributed by atoms with Crippen LogP contribution in [0.25, 0.3) is 11.3 Å². The van der Waals surface area contributed by atoms with E-state index in [2.05, 4.69) is 16.3 Å². The first kappa shape index (κ1) is 22.7. The summed E-state index contributed by atoms with van der Waals surface area (Å²) in [5.41, 5.74) is 8.88. The first-order valence-electron chi connectivity index (χ1n) is 10.2. The number of benzene rings is 2. The number of nitrogens with one attached hydrogen (secondary N) is 1. The van der Waals surface area contributed by atoms with Crippen LogP contribution in [0.3, 0.4) is 0 Å². The Labute approximate surface area is 196 Å². The number of fused-ring (bicyclic) bond motifs is 1. The Morgan fingerprint density at radius 3 is 2.18 bits per heavy atom. The monoisotopic (exact) mass is 464 g/mol. The number of rotatable bonds is 7. The van der Waals surface area contributed by atoms with Crippen LogP contribution < -0.4 is 34.2 Å². The molecule has 0 bridgehead atoms. The number of ether oxygens (including phenoxy) is 6. The van der Waals surface area contributed by atoms with E-state index in [1.807, 2.05) is 0 Å². The maximum Gasteiger partial charge on any atom is 0.244 e. The van der Waals surface area contributed by atoms with Crippen molar-refractivity contribution in [2.75, 3.05) is 35.5 Å². The van der Waals surface area contributed by atoms with Gasteiger partial charge in [0.25, 0.3) is 0 Å². The molecule has 0 saturated carbocycles. The van der Waals surface area contributed by atoms with Crippen LogP contribution in [0.15, 0.2) is 41.8 Å². The van der Waals surface area contributed by atoms with Gasteiger partial charge in [-0.15, -0.1) is 5.10 Å². The number of nitriles is 1.